The molecule has 0 bridgehead atoms. The van der Waals surface area contributed by atoms with E-state index in [1.807, 2.05) is 0 Å². The number of hydrogen-bond donors (Lipinski definition) is 2. The summed E-state index contributed by atoms with van der Waals surface area (Å²) >= 11 is 0. The van der Waals surface area contributed by atoms with Crippen LogP contribution in [0.5, 0.6) is 11.5 Å². The maximum atomic E-state index is 11.3. The van der Waals surface area contributed by atoms with Crippen molar-refractivity contribution in [3.05, 3.63) is 70.8 Å². The number of carboxylic acid groups (broad SMARTS) is 1. The van der Waals surface area contributed by atoms with E-state index in [2.05, 4.69) is 23.8 Å². The zero-order chi connectivity index (χ0) is 30.3. The Morgan fingerprint density at radius 2 is 1.46 bits per heavy atom. The van der Waals surface area contributed by atoms with Gasteiger partial charge in [-0.2, -0.15) is 0 Å². The van der Waals surface area contributed by atoms with Gasteiger partial charge in [0, 0.05) is 12.5 Å². The summed E-state index contributed by atoms with van der Waals surface area (Å²) in [4.78, 5) is 20.6. The Morgan fingerprint density at radius 1 is 0.902 bits per heavy atom. The molecule has 2 rings (SSSR count). The molecule has 0 heterocycles. The minimum atomic E-state index is -3.52. The van der Waals surface area contributed by atoms with Gasteiger partial charge in [-0.25, -0.2) is 8.42 Å². The largest absolute Gasteiger partial charge is 0.481 e. The van der Waals surface area contributed by atoms with Crippen molar-refractivity contribution in [3.8, 4) is 11.5 Å². The number of nitro benzene ring substituents is 1. The lowest BCUT2D eigenvalue weighted by atomic mass is 10.1. The third kappa shape index (κ3) is 19.3. The van der Waals surface area contributed by atoms with Gasteiger partial charge in [-0.05, 0) is 50.3 Å². The van der Waals surface area contributed by atoms with Crippen LogP contribution in [0.25, 0.3) is 0 Å². The van der Waals surface area contributed by atoms with E-state index in [4.69, 9.17) is 9.84 Å². The van der Waals surface area contributed by atoms with Crippen LogP contribution in [0.1, 0.15) is 96.8 Å². The van der Waals surface area contributed by atoms with Gasteiger partial charge in [0.2, 0.25) is 10.0 Å². The first-order valence-corrected chi connectivity index (χ1v) is 16.4. The highest BCUT2D eigenvalue weighted by Crippen LogP contribution is 2.33. The minimum Gasteiger partial charge on any atom is -0.481 e. The van der Waals surface area contributed by atoms with Gasteiger partial charge in [0.05, 0.1) is 22.9 Å². The molecule has 0 aliphatic carbocycles. The van der Waals surface area contributed by atoms with E-state index in [9.17, 15) is 23.3 Å². The molecule has 0 saturated heterocycles. The van der Waals surface area contributed by atoms with Crippen molar-refractivity contribution in [3.63, 3.8) is 0 Å². The fourth-order valence-corrected chi connectivity index (χ4v) is 4.52. The number of carbonyl (C=O) groups is 1. The van der Waals surface area contributed by atoms with E-state index in [0.717, 1.165) is 19.1 Å². The predicted molar refractivity (Wildman–Crippen MR) is 165 cm³/mol. The molecule has 0 radical (unpaired) electrons. The van der Waals surface area contributed by atoms with Crippen LogP contribution < -0.4 is 9.46 Å². The molecule has 228 valence electrons. The number of aliphatic carboxylic acids is 1. The topological polar surface area (TPSA) is 136 Å². The zero-order valence-corrected chi connectivity index (χ0v) is 25.2. The number of nitrogens with zero attached hydrogens (tertiary/aromatic N) is 1. The van der Waals surface area contributed by atoms with Gasteiger partial charge in [-0.3, -0.25) is 19.6 Å². The number of nitro groups is 1. The third-order valence-corrected chi connectivity index (χ3v) is 6.69. The Hall–Kier alpha value is -3.40. The summed E-state index contributed by atoms with van der Waals surface area (Å²) in [5, 5.41) is 19.3. The Bertz CT molecular complexity index is 1150. The second-order valence-corrected chi connectivity index (χ2v) is 11.7. The number of para-hydroxylation sites is 1. The summed E-state index contributed by atoms with van der Waals surface area (Å²) in [7, 11) is -3.52. The highest BCUT2D eigenvalue weighted by molar-refractivity contribution is 7.92. The van der Waals surface area contributed by atoms with Crippen molar-refractivity contribution in [1.82, 2.24) is 0 Å². The number of sulfonamides is 1. The molecule has 0 aliphatic heterocycles. The van der Waals surface area contributed by atoms with Crippen molar-refractivity contribution in [2.75, 3.05) is 11.0 Å². The molecule has 0 amide bonds. The summed E-state index contributed by atoms with van der Waals surface area (Å²) in [6.45, 7) is 2.26. The molecule has 0 unspecified atom stereocenters. The predicted octanol–water partition coefficient (Wildman–Crippen LogP) is 8.87. The lowest BCUT2D eigenvalue weighted by molar-refractivity contribution is -0.384. The van der Waals surface area contributed by atoms with Gasteiger partial charge in [-0.1, -0.05) is 88.6 Å². The minimum absolute atomic E-state index is 0.0563. The number of benzene rings is 2. The smallest absolute Gasteiger partial charge is 0.303 e. The van der Waals surface area contributed by atoms with E-state index in [0.29, 0.717) is 12.2 Å². The normalized spacial score (nSPS) is 11.1. The maximum absolute atomic E-state index is 11.3. The molecular weight excluding hydrogens is 544 g/mol. The van der Waals surface area contributed by atoms with Gasteiger partial charge >= 0.3 is 5.97 Å². The van der Waals surface area contributed by atoms with E-state index in [1.54, 1.807) is 30.3 Å². The molecular formula is C31H46N2O7S. The Morgan fingerprint density at radius 3 is 2.00 bits per heavy atom. The average molecular weight is 591 g/mol. The summed E-state index contributed by atoms with van der Waals surface area (Å²) in [5.74, 6) is -0.169. The van der Waals surface area contributed by atoms with Gasteiger partial charge < -0.3 is 9.84 Å². The first-order chi connectivity index (χ1) is 19.6. The van der Waals surface area contributed by atoms with Crippen LogP contribution >= 0.6 is 0 Å². The summed E-state index contributed by atoms with van der Waals surface area (Å²) in [6, 6.07) is 12.2. The molecule has 10 heteroatoms. The SMILES string of the molecule is CCCCCCCC/C=C\CCCCCCCC(=O)O.CS(=O)(=O)Nc1ccc([N+](=O)[O-])cc1Oc1ccccc1. The molecule has 2 aromatic rings. The monoisotopic (exact) mass is 590 g/mol. The van der Waals surface area contributed by atoms with Gasteiger partial charge in [0.1, 0.15) is 5.75 Å². The van der Waals surface area contributed by atoms with E-state index in [-0.39, 0.29) is 17.1 Å². The van der Waals surface area contributed by atoms with Crippen molar-refractivity contribution < 1.29 is 28.0 Å². The van der Waals surface area contributed by atoms with Crippen LogP contribution in [-0.4, -0.2) is 30.7 Å². The van der Waals surface area contributed by atoms with Crippen molar-refractivity contribution in [2.24, 2.45) is 0 Å². The number of nitrogens with one attached hydrogen (secondary N) is 1. The standard InChI is InChI=1S/C18H34O2.C13H12N2O5S/c1-2-3-4-5-6-7-8-9-10-11-12-13-14-15-16-17-18(19)20;1-21(18,19)14-12-8-7-10(15(16)17)9-13(12)20-11-5-3-2-4-6-11/h9-10H,2-8,11-17H2,1H3,(H,19,20);2-9,14H,1H3/b10-9-;. The lowest BCUT2D eigenvalue weighted by Crippen LogP contribution is -2.10. The number of rotatable bonds is 20. The average Bonchev–Trinajstić information content (AvgIpc) is 2.92. The van der Waals surface area contributed by atoms with Crippen molar-refractivity contribution in [2.45, 2.75) is 96.8 Å². The maximum Gasteiger partial charge on any atom is 0.303 e. The number of ether oxygens (including phenoxy) is 1. The highest BCUT2D eigenvalue weighted by atomic mass is 32.2. The Labute approximate surface area is 245 Å². The van der Waals surface area contributed by atoms with Crippen LogP contribution in [-0.2, 0) is 14.8 Å². The van der Waals surface area contributed by atoms with Crippen molar-refractivity contribution in [1.29, 1.82) is 0 Å². The van der Waals surface area contributed by atoms with Crippen LogP contribution in [0.3, 0.4) is 0 Å². The summed E-state index contributed by atoms with van der Waals surface area (Å²) in [5.41, 5.74) is -0.0630. The second-order valence-electron chi connectivity index (χ2n) is 9.95. The van der Waals surface area contributed by atoms with E-state index < -0.39 is 20.9 Å². The molecule has 0 atom stereocenters. The summed E-state index contributed by atoms with van der Waals surface area (Å²) < 4.78 is 30.4. The second kappa shape index (κ2) is 21.4. The fourth-order valence-electron chi connectivity index (χ4n) is 3.96. The van der Waals surface area contributed by atoms with E-state index in [1.165, 1.54) is 88.8 Å². The molecule has 41 heavy (non-hydrogen) atoms. The molecule has 2 aromatic carbocycles. The molecule has 9 nitrogen and oxygen atoms in total. The van der Waals surface area contributed by atoms with Crippen LogP contribution in [0, 0.1) is 10.1 Å². The molecule has 0 aliphatic rings. The highest BCUT2D eigenvalue weighted by Gasteiger charge is 2.15. The number of non-ortho nitro benzene ring substituents is 1. The number of hydrogen-bond acceptors (Lipinski definition) is 6. The molecule has 0 fully saturated rings. The first-order valence-electron chi connectivity index (χ1n) is 14.5. The Kier molecular flexibility index (Phi) is 18.6. The number of allylic oxidation sites excluding steroid dienone is 2. The number of carboxylic acids is 1. The number of anilines is 1. The lowest BCUT2D eigenvalue weighted by Gasteiger charge is -2.11. The third-order valence-electron chi connectivity index (χ3n) is 6.09. The zero-order valence-electron chi connectivity index (χ0n) is 24.4. The van der Waals surface area contributed by atoms with Gasteiger partial charge in [0.15, 0.2) is 5.75 Å². The molecule has 0 spiro atoms. The Balaban J connectivity index is 0.000000411. The molecule has 0 saturated carbocycles. The van der Waals surface area contributed by atoms with Gasteiger partial charge in [0.25, 0.3) is 5.69 Å². The van der Waals surface area contributed by atoms with Crippen LogP contribution in [0.4, 0.5) is 11.4 Å². The quantitative estimate of drug-likeness (QED) is 0.0680. The first kappa shape index (κ1) is 35.6. The van der Waals surface area contributed by atoms with Crippen LogP contribution in [0.2, 0.25) is 0 Å². The number of unbranched alkanes of at least 4 members (excludes halogenated alkanes) is 11. The van der Waals surface area contributed by atoms with Crippen molar-refractivity contribution >= 4 is 27.4 Å². The fraction of sp³-hybridized carbons (Fsp3) is 0.516. The van der Waals surface area contributed by atoms with E-state index >= 15 is 0 Å². The molecule has 2 N–H and O–H groups in total. The van der Waals surface area contributed by atoms with Crippen LogP contribution in [0.15, 0.2) is 60.7 Å². The van der Waals surface area contributed by atoms with Gasteiger partial charge in [-0.15, -0.1) is 0 Å². The molecule has 0 aromatic heterocycles. The summed E-state index contributed by atoms with van der Waals surface area (Å²) in [6.07, 6.45) is 22.2.